The zero-order valence-corrected chi connectivity index (χ0v) is 11.7. The highest BCUT2D eigenvalue weighted by Crippen LogP contribution is 2.38. The number of hydrogen-bond acceptors (Lipinski definition) is 1. The molecule has 0 aliphatic heterocycles. The Morgan fingerprint density at radius 3 is 2.65 bits per heavy atom. The number of aryl methyl sites for hydroxylation is 2. The first kappa shape index (κ1) is 12.7. The van der Waals surface area contributed by atoms with Crippen LogP contribution in [-0.2, 0) is 6.42 Å². The van der Waals surface area contributed by atoms with Gasteiger partial charge in [0.15, 0.2) is 0 Å². The summed E-state index contributed by atoms with van der Waals surface area (Å²) in [5.41, 5.74) is 4.52. The molecule has 0 unspecified atom stereocenters. The molecule has 1 aliphatic carbocycles. The molecule has 0 bridgehead atoms. The van der Waals surface area contributed by atoms with E-state index in [0.717, 1.165) is 12.6 Å². The molecule has 1 aromatic rings. The minimum absolute atomic E-state index is 0.605. The molecule has 1 saturated carbocycles. The molecule has 2 heteroatoms. The van der Waals surface area contributed by atoms with E-state index in [2.05, 4.69) is 43.6 Å². The SMILES string of the molecule is Cc1cc(CCCNC(C)C)c(C)n1C1CC1. The number of rotatable bonds is 6. The summed E-state index contributed by atoms with van der Waals surface area (Å²) in [7, 11) is 0. The van der Waals surface area contributed by atoms with Crippen molar-refractivity contribution < 1.29 is 0 Å². The van der Waals surface area contributed by atoms with Gasteiger partial charge < -0.3 is 9.88 Å². The van der Waals surface area contributed by atoms with Crippen molar-refractivity contribution in [1.29, 1.82) is 0 Å². The summed E-state index contributed by atoms with van der Waals surface area (Å²) < 4.78 is 2.55. The molecule has 1 heterocycles. The summed E-state index contributed by atoms with van der Waals surface area (Å²) in [5, 5.41) is 3.48. The predicted molar refractivity (Wildman–Crippen MR) is 73.6 cm³/mol. The van der Waals surface area contributed by atoms with Crippen LogP contribution < -0.4 is 5.32 Å². The van der Waals surface area contributed by atoms with Crippen LogP contribution in [0.25, 0.3) is 0 Å². The van der Waals surface area contributed by atoms with Gasteiger partial charge in [-0.05, 0) is 57.7 Å². The third-order valence-corrected chi connectivity index (χ3v) is 3.68. The monoisotopic (exact) mass is 234 g/mol. The van der Waals surface area contributed by atoms with Crippen molar-refractivity contribution in [2.75, 3.05) is 6.54 Å². The van der Waals surface area contributed by atoms with Crippen molar-refractivity contribution in [3.8, 4) is 0 Å². The molecule has 96 valence electrons. The first-order valence-electron chi connectivity index (χ1n) is 7.00. The number of nitrogens with one attached hydrogen (secondary N) is 1. The molecule has 0 radical (unpaired) electrons. The molecule has 0 atom stereocenters. The van der Waals surface area contributed by atoms with E-state index < -0.39 is 0 Å². The van der Waals surface area contributed by atoms with E-state index in [9.17, 15) is 0 Å². The number of nitrogens with zero attached hydrogens (tertiary/aromatic N) is 1. The van der Waals surface area contributed by atoms with Gasteiger partial charge in [-0.3, -0.25) is 0 Å². The Morgan fingerprint density at radius 2 is 2.06 bits per heavy atom. The lowest BCUT2D eigenvalue weighted by molar-refractivity contribution is 0.569. The Labute approximate surface area is 105 Å². The van der Waals surface area contributed by atoms with Crippen molar-refractivity contribution in [3.63, 3.8) is 0 Å². The van der Waals surface area contributed by atoms with Crippen LogP contribution in [0.3, 0.4) is 0 Å². The molecule has 0 aromatic carbocycles. The first-order valence-corrected chi connectivity index (χ1v) is 7.00. The van der Waals surface area contributed by atoms with Crippen LogP contribution in [0.15, 0.2) is 6.07 Å². The summed E-state index contributed by atoms with van der Waals surface area (Å²) >= 11 is 0. The molecule has 1 fully saturated rings. The van der Waals surface area contributed by atoms with Gasteiger partial charge in [0.2, 0.25) is 0 Å². The zero-order valence-electron chi connectivity index (χ0n) is 11.7. The molecule has 1 aliphatic rings. The maximum Gasteiger partial charge on any atom is 0.0337 e. The Kier molecular flexibility index (Phi) is 3.93. The van der Waals surface area contributed by atoms with Gasteiger partial charge in [-0.15, -0.1) is 0 Å². The van der Waals surface area contributed by atoms with Gasteiger partial charge in [-0.1, -0.05) is 13.8 Å². The van der Waals surface area contributed by atoms with Crippen molar-refractivity contribution in [2.45, 2.75) is 65.5 Å². The van der Waals surface area contributed by atoms with Crippen LogP contribution in [-0.4, -0.2) is 17.2 Å². The molecule has 17 heavy (non-hydrogen) atoms. The van der Waals surface area contributed by atoms with Crippen molar-refractivity contribution >= 4 is 0 Å². The average molecular weight is 234 g/mol. The highest BCUT2D eigenvalue weighted by atomic mass is 15.1. The molecule has 1 N–H and O–H groups in total. The maximum atomic E-state index is 3.48. The predicted octanol–water partition coefficient (Wildman–Crippen LogP) is 3.37. The van der Waals surface area contributed by atoms with E-state index in [1.165, 1.54) is 37.1 Å². The lowest BCUT2D eigenvalue weighted by Crippen LogP contribution is -2.23. The number of hydrogen-bond donors (Lipinski definition) is 1. The third-order valence-electron chi connectivity index (χ3n) is 3.68. The third kappa shape index (κ3) is 3.12. The van der Waals surface area contributed by atoms with Gasteiger partial charge in [-0.2, -0.15) is 0 Å². The first-order chi connectivity index (χ1) is 8.09. The van der Waals surface area contributed by atoms with Gasteiger partial charge in [0.1, 0.15) is 0 Å². The number of aromatic nitrogens is 1. The Bertz CT molecular complexity index is 373. The van der Waals surface area contributed by atoms with Gasteiger partial charge >= 0.3 is 0 Å². The lowest BCUT2D eigenvalue weighted by Gasteiger charge is -2.09. The Morgan fingerprint density at radius 1 is 1.35 bits per heavy atom. The largest absolute Gasteiger partial charge is 0.346 e. The quantitative estimate of drug-likeness (QED) is 0.747. The summed E-state index contributed by atoms with van der Waals surface area (Å²) in [6.45, 7) is 10.1. The minimum atomic E-state index is 0.605. The van der Waals surface area contributed by atoms with Crippen molar-refractivity contribution in [1.82, 2.24) is 9.88 Å². The van der Waals surface area contributed by atoms with E-state index in [0.29, 0.717) is 6.04 Å². The van der Waals surface area contributed by atoms with Crippen LogP contribution in [0.1, 0.15) is 56.1 Å². The molecule has 0 amide bonds. The van der Waals surface area contributed by atoms with Crippen molar-refractivity contribution in [2.24, 2.45) is 0 Å². The highest BCUT2D eigenvalue weighted by molar-refractivity contribution is 5.28. The van der Waals surface area contributed by atoms with Crippen molar-refractivity contribution in [3.05, 3.63) is 23.0 Å². The van der Waals surface area contributed by atoms with Crippen LogP contribution >= 0.6 is 0 Å². The second-order valence-corrected chi connectivity index (χ2v) is 5.71. The molecular formula is C15H26N2. The fourth-order valence-electron chi connectivity index (χ4n) is 2.66. The molecule has 1 aromatic heterocycles. The van der Waals surface area contributed by atoms with E-state index in [1.807, 2.05) is 0 Å². The van der Waals surface area contributed by atoms with Crippen LogP contribution in [0.2, 0.25) is 0 Å². The molecule has 2 rings (SSSR count). The second-order valence-electron chi connectivity index (χ2n) is 5.71. The average Bonchev–Trinajstić information content (AvgIpc) is 3.02. The normalized spacial score (nSPS) is 15.8. The van der Waals surface area contributed by atoms with Gasteiger partial charge in [0.25, 0.3) is 0 Å². The fourth-order valence-corrected chi connectivity index (χ4v) is 2.66. The van der Waals surface area contributed by atoms with Gasteiger partial charge in [-0.25, -0.2) is 0 Å². The fraction of sp³-hybridized carbons (Fsp3) is 0.733. The summed E-state index contributed by atoms with van der Waals surface area (Å²) in [4.78, 5) is 0. The summed E-state index contributed by atoms with van der Waals surface area (Å²) in [6.07, 6.45) is 5.22. The van der Waals surface area contributed by atoms with Gasteiger partial charge in [0.05, 0.1) is 0 Å². The lowest BCUT2D eigenvalue weighted by atomic mass is 10.1. The van der Waals surface area contributed by atoms with Crippen LogP contribution in [0.5, 0.6) is 0 Å². The van der Waals surface area contributed by atoms with Gasteiger partial charge in [0, 0.05) is 23.5 Å². The van der Waals surface area contributed by atoms with Crippen LogP contribution in [0, 0.1) is 13.8 Å². The maximum absolute atomic E-state index is 3.48. The minimum Gasteiger partial charge on any atom is -0.346 e. The van der Waals surface area contributed by atoms with E-state index in [4.69, 9.17) is 0 Å². The van der Waals surface area contributed by atoms with E-state index >= 15 is 0 Å². The topological polar surface area (TPSA) is 17.0 Å². The Hall–Kier alpha value is -0.760. The molecule has 2 nitrogen and oxygen atoms in total. The molecule has 0 spiro atoms. The standard InChI is InChI=1S/C15H26N2/c1-11(2)16-9-5-6-14-10-12(3)17(13(14)4)15-7-8-15/h10-11,15-16H,5-9H2,1-4H3. The zero-order chi connectivity index (χ0) is 12.4. The molecular weight excluding hydrogens is 208 g/mol. The van der Waals surface area contributed by atoms with E-state index in [1.54, 1.807) is 5.56 Å². The summed E-state index contributed by atoms with van der Waals surface area (Å²) in [6, 6.07) is 3.81. The summed E-state index contributed by atoms with van der Waals surface area (Å²) in [5.74, 6) is 0. The smallest absolute Gasteiger partial charge is 0.0337 e. The highest BCUT2D eigenvalue weighted by Gasteiger charge is 2.26. The van der Waals surface area contributed by atoms with Crippen LogP contribution in [0.4, 0.5) is 0 Å². The second kappa shape index (κ2) is 5.26. The molecule has 0 saturated heterocycles. The Balaban J connectivity index is 1.90. The van der Waals surface area contributed by atoms with E-state index in [-0.39, 0.29) is 0 Å².